The van der Waals surface area contributed by atoms with Gasteiger partial charge in [-0.2, -0.15) is 0 Å². The number of nitrogens with one attached hydrogen (secondary N) is 3. The maximum atomic E-state index is 6.87. The first kappa shape index (κ1) is 34.1. The molecule has 2 aromatic rings. The van der Waals surface area contributed by atoms with E-state index in [9.17, 15) is 0 Å². The average Bonchev–Trinajstić information content (AvgIpc) is 2.89. The summed E-state index contributed by atoms with van der Waals surface area (Å²) < 4.78 is 0. The normalized spacial score (nSPS) is 12.4. The fourth-order valence-corrected chi connectivity index (χ4v) is 4.93. The van der Waals surface area contributed by atoms with Crippen molar-refractivity contribution in [2.24, 2.45) is 5.41 Å². The average molecular weight is 638 g/mol. The van der Waals surface area contributed by atoms with Crippen LogP contribution in [0.4, 0.5) is 11.4 Å². The third kappa shape index (κ3) is 8.95. The molecule has 0 radical (unpaired) electrons. The summed E-state index contributed by atoms with van der Waals surface area (Å²) in [6, 6.07) is 9.40. The van der Waals surface area contributed by atoms with E-state index in [1.54, 1.807) is 18.2 Å². The van der Waals surface area contributed by atoms with E-state index >= 15 is 0 Å². The lowest BCUT2D eigenvalue weighted by Gasteiger charge is -2.27. The number of nitrogens with zero attached hydrogens (tertiary/aromatic N) is 1. The molecule has 0 bridgehead atoms. The Morgan fingerprint density at radius 1 is 1.07 bits per heavy atom. The molecule has 0 aliphatic carbocycles. The third-order valence-electron chi connectivity index (χ3n) is 6.40. The number of halogens is 3. The highest BCUT2D eigenvalue weighted by Gasteiger charge is 2.19. The summed E-state index contributed by atoms with van der Waals surface area (Å²) in [5, 5.41) is 11.8. The zero-order chi connectivity index (χ0) is 30.4. The van der Waals surface area contributed by atoms with Gasteiger partial charge in [-0.15, -0.1) is 0 Å². The summed E-state index contributed by atoms with van der Waals surface area (Å²) in [4.78, 5) is 3.38. The van der Waals surface area contributed by atoms with E-state index in [0.717, 1.165) is 38.6 Å². The minimum absolute atomic E-state index is 0.110. The molecule has 0 aliphatic heterocycles. The van der Waals surface area contributed by atoms with E-state index in [1.165, 1.54) is 0 Å². The lowest BCUT2D eigenvalue weighted by atomic mass is 9.96. The molecule has 2 rings (SSSR count). The fourth-order valence-electron chi connectivity index (χ4n) is 3.83. The highest BCUT2D eigenvalue weighted by molar-refractivity contribution is 7.81. The van der Waals surface area contributed by atoms with E-state index < -0.39 is 0 Å². The molecule has 0 amide bonds. The molecule has 216 valence electrons. The molecule has 3 N–H and O–H groups in total. The lowest BCUT2D eigenvalue weighted by molar-refractivity contribution is 0.579. The Morgan fingerprint density at radius 2 is 1.73 bits per heavy atom. The van der Waals surface area contributed by atoms with Crippen LogP contribution in [-0.2, 0) is 0 Å². The molecule has 2 aromatic carbocycles. The molecule has 9 heteroatoms. The molecule has 0 unspecified atom stereocenters. The molecule has 0 saturated heterocycles. The number of allylic oxidation sites excluding steroid dienone is 2. The van der Waals surface area contributed by atoms with Crippen LogP contribution in [0.1, 0.15) is 57.7 Å². The van der Waals surface area contributed by atoms with Crippen LogP contribution < -0.4 is 20.9 Å². The molecule has 0 atom stereocenters. The molecule has 4 nitrogen and oxygen atoms in total. The smallest absolute Gasteiger partial charge is 0.111 e. The Morgan fingerprint density at radius 3 is 2.30 bits per heavy atom. The predicted octanol–water partition coefficient (Wildman–Crippen LogP) is 9.66. The molecule has 40 heavy (non-hydrogen) atoms. The number of rotatable bonds is 10. The van der Waals surface area contributed by atoms with Gasteiger partial charge in [0.1, 0.15) is 10.8 Å². The van der Waals surface area contributed by atoms with Crippen molar-refractivity contribution in [3.63, 3.8) is 0 Å². The van der Waals surface area contributed by atoms with Crippen molar-refractivity contribution in [3.8, 4) is 0 Å². The number of hydrogen-bond donors (Lipinski definition) is 3. The van der Waals surface area contributed by atoms with Crippen molar-refractivity contribution >= 4 is 80.6 Å². The van der Waals surface area contributed by atoms with Gasteiger partial charge in [0.05, 0.1) is 20.7 Å². The Bertz CT molecular complexity index is 1360. The van der Waals surface area contributed by atoms with Crippen molar-refractivity contribution < 1.29 is 0 Å². The Balaban J connectivity index is 2.24. The summed E-state index contributed by atoms with van der Waals surface area (Å²) in [6.07, 6.45) is 2.71. The topological polar surface area (TPSA) is 39.3 Å². The van der Waals surface area contributed by atoms with E-state index in [0.29, 0.717) is 44.5 Å². The monoisotopic (exact) mass is 636 g/mol. The van der Waals surface area contributed by atoms with Gasteiger partial charge in [-0.1, -0.05) is 99.6 Å². The van der Waals surface area contributed by atoms with Crippen LogP contribution in [0.25, 0.3) is 0 Å². The van der Waals surface area contributed by atoms with Crippen LogP contribution in [0, 0.1) is 19.3 Å². The molecule has 0 saturated carbocycles. The van der Waals surface area contributed by atoms with Gasteiger partial charge >= 0.3 is 0 Å². The Labute approximate surface area is 265 Å². The van der Waals surface area contributed by atoms with Crippen molar-refractivity contribution in [3.05, 3.63) is 91.8 Å². The Hall–Kier alpha value is -2.09. The van der Waals surface area contributed by atoms with E-state index in [1.807, 2.05) is 38.8 Å². The van der Waals surface area contributed by atoms with Crippen molar-refractivity contribution in [2.45, 2.75) is 54.9 Å². The molecule has 0 aliphatic rings. The van der Waals surface area contributed by atoms with Crippen molar-refractivity contribution in [1.82, 2.24) is 10.6 Å². The molecule has 0 aromatic heterocycles. The van der Waals surface area contributed by atoms with Gasteiger partial charge in [0.25, 0.3) is 0 Å². The minimum atomic E-state index is -0.110. The van der Waals surface area contributed by atoms with Gasteiger partial charge < -0.3 is 20.9 Å². The lowest BCUT2D eigenvalue weighted by Crippen LogP contribution is -2.34. The molecular formula is C31H39Cl3N4S2. The summed E-state index contributed by atoms with van der Waals surface area (Å²) in [6.45, 7) is 19.2. The van der Waals surface area contributed by atoms with Gasteiger partial charge in [0.2, 0.25) is 0 Å². The summed E-state index contributed by atoms with van der Waals surface area (Å²) in [5.41, 5.74) is 6.36. The highest BCUT2D eigenvalue weighted by Crippen LogP contribution is 2.30. The van der Waals surface area contributed by atoms with Gasteiger partial charge in [-0.05, 0) is 74.2 Å². The third-order valence-corrected chi connectivity index (χ3v) is 8.51. The maximum absolute atomic E-state index is 6.87. The largest absolute Gasteiger partial charge is 0.375 e. The summed E-state index contributed by atoms with van der Waals surface area (Å²) in [5.74, 6) is 0.699. The van der Waals surface area contributed by atoms with Crippen LogP contribution in [0.5, 0.6) is 0 Å². The first-order chi connectivity index (χ1) is 18.6. The molecule has 0 heterocycles. The number of hydrogen-bond acceptors (Lipinski definition) is 4. The van der Waals surface area contributed by atoms with Gasteiger partial charge in [0, 0.05) is 41.0 Å². The zero-order valence-corrected chi connectivity index (χ0v) is 28.4. The first-order valence-electron chi connectivity index (χ1n) is 13.0. The minimum Gasteiger partial charge on any atom is -0.375 e. The van der Waals surface area contributed by atoms with Gasteiger partial charge in [-0.25, -0.2) is 0 Å². The fraction of sp³-hybridized carbons (Fsp3) is 0.355. The van der Waals surface area contributed by atoms with Gasteiger partial charge in [-0.3, -0.25) is 0 Å². The second-order valence-corrected chi connectivity index (χ2v) is 12.6. The zero-order valence-electron chi connectivity index (χ0n) is 24.5. The van der Waals surface area contributed by atoms with Crippen molar-refractivity contribution in [2.75, 3.05) is 23.8 Å². The number of thiocarbonyl (C=S) groups is 2. The first-order valence-corrected chi connectivity index (χ1v) is 15.0. The number of benzene rings is 2. The summed E-state index contributed by atoms with van der Waals surface area (Å²) in [7, 11) is 1.97. The van der Waals surface area contributed by atoms with Crippen LogP contribution in [0.3, 0.4) is 0 Å². The predicted molar refractivity (Wildman–Crippen MR) is 185 cm³/mol. The summed E-state index contributed by atoms with van der Waals surface area (Å²) >= 11 is 30.6. The maximum Gasteiger partial charge on any atom is 0.111 e. The number of anilines is 2. The number of aryl methyl sites for hydroxylation is 2. The van der Waals surface area contributed by atoms with E-state index in [2.05, 4.69) is 62.4 Å². The van der Waals surface area contributed by atoms with E-state index in [4.69, 9.17) is 59.2 Å². The van der Waals surface area contributed by atoms with Crippen LogP contribution >= 0.6 is 59.2 Å². The second-order valence-electron chi connectivity index (χ2n) is 10.6. The van der Waals surface area contributed by atoms with E-state index in [-0.39, 0.29) is 5.41 Å². The highest BCUT2D eigenvalue weighted by atomic mass is 35.5. The second kappa shape index (κ2) is 14.7. The Kier molecular flexibility index (Phi) is 12.5. The SMILES string of the molecule is C=C(N/C(CC)=C(Cl)/C(=C\C)CNC(=S)C(C)(C)C)N(C)c1cc(C)c(C(=S)Nc2cc(Cl)ccc2Cl)cc1C. The quantitative estimate of drug-likeness (QED) is 0.178. The standard InChI is InChI=1S/C31H39Cl3N4S2/c1-10-21(17-35-30(40)31(6,7)8)28(34)25(11-2)36-20(5)38(9)27-15-18(3)23(14-19(27)4)29(39)37-26-16-22(32)12-13-24(26)33/h10,12-16,36H,5,11,17H2,1-4,6-9H3,(H,35,40)(H,37,39)/b21-10-,28-25-. The van der Waals surface area contributed by atoms with Crippen LogP contribution in [-0.4, -0.2) is 23.6 Å². The molecule has 0 spiro atoms. The van der Waals surface area contributed by atoms with Gasteiger partial charge in [0.15, 0.2) is 0 Å². The van der Waals surface area contributed by atoms with Crippen molar-refractivity contribution in [1.29, 1.82) is 0 Å². The molecular weight excluding hydrogens is 599 g/mol. The molecule has 0 fully saturated rings. The van der Waals surface area contributed by atoms with Crippen LogP contribution in [0.2, 0.25) is 10.0 Å². The van der Waals surface area contributed by atoms with Crippen LogP contribution in [0.15, 0.2) is 65.1 Å².